The van der Waals surface area contributed by atoms with Crippen LogP contribution in [-0.2, 0) is 0 Å². The molecule has 1 aliphatic rings. The van der Waals surface area contributed by atoms with Gasteiger partial charge in [0.15, 0.2) is 0 Å². The van der Waals surface area contributed by atoms with Crippen LogP contribution in [0.25, 0.3) is 0 Å². The third kappa shape index (κ3) is 3.80. The highest BCUT2D eigenvalue weighted by Crippen LogP contribution is 2.38. The van der Waals surface area contributed by atoms with Gasteiger partial charge in [-0.2, -0.15) is 0 Å². The molecule has 0 spiro atoms. The fourth-order valence-electron chi connectivity index (χ4n) is 3.13. The zero-order valence-corrected chi connectivity index (χ0v) is 13.6. The molecule has 1 aliphatic heterocycles. The molecule has 1 fully saturated rings. The number of hydrogen-bond acceptors (Lipinski definition) is 3. The number of nitrogens with one attached hydrogen (secondary N) is 1. The second-order valence-corrected chi connectivity index (χ2v) is 7.16. The molecule has 2 heterocycles. The van der Waals surface area contributed by atoms with E-state index < -0.39 is 0 Å². The SMILES string of the molecule is Cc1ccsc1C1C(CNC(C)C)CCCCN1C. The van der Waals surface area contributed by atoms with Gasteiger partial charge in [0.1, 0.15) is 0 Å². The van der Waals surface area contributed by atoms with Crippen LogP contribution in [0, 0.1) is 12.8 Å². The largest absolute Gasteiger partial charge is 0.314 e. The molecule has 2 nitrogen and oxygen atoms in total. The molecule has 0 bridgehead atoms. The first-order chi connectivity index (χ1) is 9.09. The Morgan fingerprint density at radius 2 is 2.21 bits per heavy atom. The van der Waals surface area contributed by atoms with E-state index in [0.29, 0.717) is 12.1 Å². The normalized spacial score (nSPS) is 25.7. The summed E-state index contributed by atoms with van der Waals surface area (Å²) in [7, 11) is 2.30. The maximum absolute atomic E-state index is 3.65. The lowest BCUT2D eigenvalue weighted by Gasteiger charge is -2.33. The predicted octanol–water partition coefficient (Wildman–Crippen LogP) is 3.83. The summed E-state index contributed by atoms with van der Waals surface area (Å²) in [6.07, 6.45) is 4.07. The van der Waals surface area contributed by atoms with Crippen molar-refractivity contribution in [3.8, 4) is 0 Å². The van der Waals surface area contributed by atoms with Crippen LogP contribution in [0.2, 0.25) is 0 Å². The molecule has 1 saturated heterocycles. The fraction of sp³-hybridized carbons (Fsp3) is 0.750. The topological polar surface area (TPSA) is 15.3 Å². The van der Waals surface area contributed by atoms with E-state index in [0.717, 1.165) is 12.5 Å². The Morgan fingerprint density at radius 3 is 2.84 bits per heavy atom. The van der Waals surface area contributed by atoms with E-state index in [2.05, 4.69) is 49.5 Å². The lowest BCUT2D eigenvalue weighted by molar-refractivity contribution is 0.190. The van der Waals surface area contributed by atoms with Crippen LogP contribution in [0.1, 0.15) is 49.6 Å². The average molecular weight is 280 g/mol. The molecule has 2 rings (SSSR count). The average Bonchev–Trinajstić information content (AvgIpc) is 2.68. The molecular formula is C16H28N2S. The molecule has 0 aliphatic carbocycles. The van der Waals surface area contributed by atoms with Gasteiger partial charge >= 0.3 is 0 Å². The molecule has 1 N–H and O–H groups in total. The van der Waals surface area contributed by atoms with Crippen LogP contribution < -0.4 is 5.32 Å². The third-order valence-corrected chi connectivity index (χ3v) is 5.31. The van der Waals surface area contributed by atoms with Crippen molar-refractivity contribution in [1.29, 1.82) is 0 Å². The van der Waals surface area contributed by atoms with Crippen LogP contribution in [0.5, 0.6) is 0 Å². The van der Waals surface area contributed by atoms with E-state index in [1.165, 1.54) is 31.4 Å². The monoisotopic (exact) mass is 280 g/mol. The molecule has 1 aromatic rings. The fourth-order valence-corrected chi connectivity index (χ4v) is 4.31. The molecule has 0 radical (unpaired) electrons. The minimum atomic E-state index is 0.582. The van der Waals surface area contributed by atoms with Crippen LogP contribution in [0.4, 0.5) is 0 Å². The van der Waals surface area contributed by atoms with Gasteiger partial charge < -0.3 is 5.32 Å². The quantitative estimate of drug-likeness (QED) is 0.902. The van der Waals surface area contributed by atoms with E-state index in [-0.39, 0.29) is 0 Å². The highest BCUT2D eigenvalue weighted by molar-refractivity contribution is 7.10. The predicted molar refractivity (Wildman–Crippen MR) is 84.9 cm³/mol. The summed E-state index contributed by atoms with van der Waals surface area (Å²) < 4.78 is 0. The van der Waals surface area contributed by atoms with Crippen LogP contribution in [0.3, 0.4) is 0 Å². The molecule has 0 amide bonds. The van der Waals surface area contributed by atoms with Crippen molar-refractivity contribution in [2.75, 3.05) is 20.1 Å². The van der Waals surface area contributed by atoms with Crippen molar-refractivity contribution in [3.63, 3.8) is 0 Å². The van der Waals surface area contributed by atoms with Gasteiger partial charge in [0.25, 0.3) is 0 Å². The number of hydrogen-bond donors (Lipinski definition) is 1. The molecular weight excluding hydrogens is 252 g/mol. The first-order valence-electron chi connectivity index (χ1n) is 7.57. The Hall–Kier alpha value is -0.380. The van der Waals surface area contributed by atoms with E-state index >= 15 is 0 Å². The smallest absolute Gasteiger partial charge is 0.0481 e. The van der Waals surface area contributed by atoms with Crippen LogP contribution in [0.15, 0.2) is 11.4 Å². The van der Waals surface area contributed by atoms with Crippen molar-refractivity contribution in [1.82, 2.24) is 10.2 Å². The summed E-state index contributed by atoms with van der Waals surface area (Å²) in [6.45, 7) is 9.12. The van der Waals surface area contributed by atoms with Crippen molar-refractivity contribution < 1.29 is 0 Å². The van der Waals surface area contributed by atoms with Gasteiger partial charge in [-0.3, -0.25) is 4.90 Å². The molecule has 2 atom stereocenters. The highest BCUT2D eigenvalue weighted by Gasteiger charge is 2.30. The van der Waals surface area contributed by atoms with Gasteiger partial charge in [0.2, 0.25) is 0 Å². The summed E-state index contributed by atoms with van der Waals surface area (Å²) in [5.41, 5.74) is 1.47. The third-order valence-electron chi connectivity index (χ3n) is 4.22. The number of nitrogens with zero attached hydrogens (tertiary/aromatic N) is 1. The summed E-state index contributed by atoms with van der Waals surface area (Å²) in [6, 6.07) is 3.46. The van der Waals surface area contributed by atoms with Gasteiger partial charge in [-0.1, -0.05) is 20.3 Å². The van der Waals surface area contributed by atoms with E-state index in [4.69, 9.17) is 0 Å². The van der Waals surface area contributed by atoms with Crippen LogP contribution in [-0.4, -0.2) is 31.1 Å². The summed E-state index contributed by atoms with van der Waals surface area (Å²) in [5, 5.41) is 5.90. The van der Waals surface area contributed by atoms with Gasteiger partial charge in [-0.05, 0) is 56.3 Å². The molecule has 0 aromatic carbocycles. The standard InChI is InChI=1S/C16H28N2S/c1-12(2)17-11-14-7-5-6-9-18(4)15(14)16-13(3)8-10-19-16/h8,10,12,14-15,17H,5-7,9,11H2,1-4H3. The van der Waals surface area contributed by atoms with Crippen LogP contribution >= 0.6 is 11.3 Å². The summed E-state index contributed by atoms with van der Waals surface area (Å²) in [4.78, 5) is 4.17. The number of rotatable bonds is 4. The minimum absolute atomic E-state index is 0.582. The number of thiophene rings is 1. The molecule has 108 valence electrons. The van der Waals surface area contributed by atoms with Crippen molar-refractivity contribution in [3.05, 3.63) is 21.9 Å². The van der Waals surface area contributed by atoms with Crippen molar-refractivity contribution in [2.24, 2.45) is 5.92 Å². The molecule has 2 unspecified atom stereocenters. The Morgan fingerprint density at radius 1 is 1.42 bits per heavy atom. The minimum Gasteiger partial charge on any atom is -0.314 e. The molecule has 3 heteroatoms. The van der Waals surface area contributed by atoms with E-state index in [9.17, 15) is 0 Å². The highest BCUT2D eigenvalue weighted by atomic mass is 32.1. The Balaban J connectivity index is 2.18. The van der Waals surface area contributed by atoms with E-state index in [1.54, 1.807) is 4.88 Å². The number of aryl methyl sites for hydroxylation is 1. The zero-order valence-electron chi connectivity index (χ0n) is 12.8. The zero-order chi connectivity index (χ0) is 13.8. The van der Waals surface area contributed by atoms with E-state index in [1.807, 2.05) is 11.3 Å². The van der Waals surface area contributed by atoms with Gasteiger partial charge in [0, 0.05) is 23.5 Å². The van der Waals surface area contributed by atoms with Gasteiger partial charge in [0.05, 0.1) is 0 Å². The maximum atomic E-state index is 3.65. The Kier molecular flexibility index (Phi) is 5.43. The lowest BCUT2D eigenvalue weighted by Crippen LogP contribution is -2.36. The first kappa shape index (κ1) is 15.0. The van der Waals surface area contributed by atoms with Gasteiger partial charge in [-0.25, -0.2) is 0 Å². The Labute approximate surface area is 122 Å². The van der Waals surface area contributed by atoms with Crippen molar-refractivity contribution >= 4 is 11.3 Å². The second kappa shape index (κ2) is 6.87. The van der Waals surface area contributed by atoms with Crippen molar-refractivity contribution in [2.45, 2.75) is 52.1 Å². The Bertz CT molecular complexity index is 386. The number of likely N-dealkylation sites (tertiary alicyclic amines) is 1. The lowest BCUT2D eigenvalue weighted by atomic mass is 9.92. The maximum Gasteiger partial charge on any atom is 0.0481 e. The molecule has 19 heavy (non-hydrogen) atoms. The summed E-state index contributed by atoms with van der Waals surface area (Å²) >= 11 is 1.94. The van der Waals surface area contributed by atoms with Gasteiger partial charge in [-0.15, -0.1) is 11.3 Å². The summed E-state index contributed by atoms with van der Waals surface area (Å²) in [5.74, 6) is 0.743. The molecule has 1 aromatic heterocycles. The first-order valence-corrected chi connectivity index (χ1v) is 8.45. The second-order valence-electron chi connectivity index (χ2n) is 6.21. The molecule has 0 saturated carbocycles.